The van der Waals surface area contributed by atoms with Gasteiger partial charge in [0.25, 0.3) is 0 Å². The molecule has 0 N–H and O–H groups in total. The van der Waals surface area contributed by atoms with Crippen molar-refractivity contribution < 1.29 is 38.1 Å². The molecule has 55 heavy (non-hydrogen) atoms. The van der Waals surface area contributed by atoms with Gasteiger partial charge in [-0.05, 0) is 34.7 Å². The Morgan fingerprint density at radius 2 is 1.07 bits per heavy atom. The third-order valence-electron chi connectivity index (χ3n) is 9.85. The number of ether oxygens (including phenoxy) is 6. The minimum atomic E-state index is -1.48. The predicted octanol–water partition coefficient (Wildman–Crippen LogP) is 7.82. The Bertz CT molecular complexity index is 1870. The van der Waals surface area contributed by atoms with E-state index in [1.54, 1.807) is 12.0 Å². The number of hydrogen-bond donors (Lipinski definition) is 0. The average Bonchev–Trinajstić information content (AvgIpc) is 3.59. The van der Waals surface area contributed by atoms with E-state index >= 15 is 0 Å². The van der Waals surface area contributed by atoms with Crippen LogP contribution < -0.4 is 0 Å². The van der Waals surface area contributed by atoms with Gasteiger partial charge in [0.15, 0.2) is 0 Å². The summed E-state index contributed by atoms with van der Waals surface area (Å²) < 4.78 is 39.9. The number of benzene rings is 5. The van der Waals surface area contributed by atoms with Crippen molar-refractivity contribution in [2.24, 2.45) is 0 Å². The minimum absolute atomic E-state index is 0.129. The molecule has 0 bridgehead atoms. The lowest BCUT2D eigenvalue weighted by atomic mass is 9.88. The first-order valence-corrected chi connectivity index (χ1v) is 19.0. The zero-order chi connectivity index (χ0) is 37.7. The molecular formula is C46H49NO8. The fraction of sp³-hybridized carbons (Fsp3) is 0.326. The Hall–Kier alpha value is -4.71. The fourth-order valence-electron chi connectivity index (χ4n) is 7.17. The molecule has 9 nitrogen and oxygen atoms in total. The maximum atomic E-state index is 13.8. The van der Waals surface area contributed by atoms with Gasteiger partial charge in [0, 0.05) is 6.42 Å². The van der Waals surface area contributed by atoms with E-state index in [2.05, 4.69) is 0 Å². The molecule has 0 unspecified atom stereocenters. The van der Waals surface area contributed by atoms with E-state index in [0.717, 1.165) is 27.8 Å². The van der Waals surface area contributed by atoms with E-state index in [1.807, 2.05) is 152 Å². The zero-order valence-electron chi connectivity index (χ0n) is 31.2. The first kappa shape index (κ1) is 38.6. The monoisotopic (exact) mass is 743 g/mol. The summed E-state index contributed by atoms with van der Waals surface area (Å²) in [5, 5.41) is 1.67. The van der Waals surface area contributed by atoms with Crippen LogP contribution in [0, 0.1) is 0 Å². The third-order valence-corrected chi connectivity index (χ3v) is 9.85. The standard InChI is InChI=1S/C46H49NO8/c1-2-50-45(48)40-28-46(55-47(40)29-35-18-8-3-9-19-35)44(53-33-39-26-16-7-17-27-39)43(52-32-38-24-14-6-15-25-38)42(51-31-37-22-12-5-13-23-37)41(54-46)34-49-30-36-20-10-4-11-21-36/h3-27,40-44H,2,28-34H2,1H3/t40-,41-,42-,43+,44+,46-/m1/s1. The third kappa shape index (κ3) is 10.1. The summed E-state index contributed by atoms with van der Waals surface area (Å²) in [5.74, 6) is -1.88. The van der Waals surface area contributed by atoms with E-state index in [9.17, 15) is 4.79 Å². The topological polar surface area (TPSA) is 84.9 Å². The molecule has 0 aliphatic carbocycles. The molecule has 9 heteroatoms. The summed E-state index contributed by atoms with van der Waals surface area (Å²) in [5.41, 5.74) is 4.96. The van der Waals surface area contributed by atoms with Crippen LogP contribution in [0.15, 0.2) is 152 Å². The number of hydroxylamine groups is 2. The normalized spacial score (nSPS) is 23.8. The highest BCUT2D eigenvalue weighted by Crippen LogP contribution is 2.46. The van der Waals surface area contributed by atoms with Gasteiger partial charge in [-0.2, -0.15) is 5.06 Å². The van der Waals surface area contributed by atoms with E-state index in [1.165, 1.54) is 0 Å². The summed E-state index contributed by atoms with van der Waals surface area (Å²) in [7, 11) is 0. The number of nitrogens with zero attached hydrogens (tertiary/aromatic N) is 1. The highest BCUT2D eigenvalue weighted by molar-refractivity contribution is 5.76. The second-order valence-electron chi connectivity index (χ2n) is 13.8. The van der Waals surface area contributed by atoms with Gasteiger partial charge >= 0.3 is 5.97 Å². The molecule has 7 rings (SSSR count). The van der Waals surface area contributed by atoms with Crippen LogP contribution in [0.25, 0.3) is 0 Å². The van der Waals surface area contributed by atoms with Crippen molar-refractivity contribution in [2.45, 2.75) is 82.6 Å². The molecule has 0 radical (unpaired) electrons. The largest absolute Gasteiger partial charge is 0.465 e. The molecule has 0 amide bonds. The predicted molar refractivity (Wildman–Crippen MR) is 207 cm³/mol. The Labute approximate surface area is 323 Å². The van der Waals surface area contributed by atoms with Crippen LogP contribution in [-0.4, -0.2) is 60.5 Å². The number of carbonyl (C=O) groups is 1. The lowest BCUT2D eigenvalue weighted by Gasteiger charge is -2.50. The second-order valence-corrected chi connectivity index (χ2v) is 13.8. The van der Waals surface area contributed by atoms with E-state index in [-0.39, 0.29) is 32.8 Å². The molecule has 5 aromatic rings. The zero-order valence-corrected chi connectivity index (χ0v) is 31.2. The number of esters is 1. The SMILES string of the molecule is CCOC(=O)[C@H]1C[C@@]2(O[C@H](COCc3ccccc3)[C@@H](OCc3ccccc3)[C@H](OCc3ccccc3)[C@@H]2OCc2ccccc2)ON1Cc1ccccc1. The lowest BCUT2D eigenvalue weighted by molar-refractivity contribution is -0.408. The molecule has 0 aromatic heterocycles. The van der Waals surface area contributed by atoms with Crippen LogP contribution in [-0.2, 0) is 71.0 Å². The Morgan fingerprint density at radius 3 is 1.58 bits per heavy atom. The highest BCUT2D eigenvalue weighted by atomic mass is 16.8. The summed E-state index contributed by atoms with van der Waals surface area (Å²) in [6, 6.07) is 49.1. The minimum Gasteiger partial charge on any atom is -0.465 e. The van der Waals surface area contributed by atoms with Crippen molar-refractivity contribution in [2.75, 3.05) is 13.2 Å². The number of carbonyl (C=O) groups excluding carboxylic acids is 1. The molecule has 2 saturated heterocycles. The van der Waals surface area contributed by atoms with E-state index < -0.39 is 42.2 Å². The van der Waals surface area contributed by atoms with E-state index in [4.69, 9.17) is 33.3 Å². The Morgan fingerprint density at radius 1 is 0.618 bits per heavy atom. The molecule has 2 aliphatic heterocycles. The van der Waals surface area contributed by atoms with Gasteiger partial charge in [-0.1, -0.05) is 152 Å². The molecule has 6 atom stereocenters. The van der Waals surface area contributed by atoms with Crippen molar-refractivity contribution >= 4 is 5.97 Å². The van der Waals surface area contributed by atoms with Crippen molar-refractivity contribution in [3.8, 4) is 0 Å². The maximum absolute atomic E-state index is 13.8. The summed E-state index contributed by atoms with van der Waals surface area (Å²) >= 11 is 0. The molecular weight excluding hydrogens is 695 g/mol. The molecule has 5 aromatic carbocycles. The van der Waals surface area contributed by atoms with Crippen LogP contribution >= 0.6 is 0 Å². The van der Waals surface area contributed by atoms with Gasteiger partial charge < -0.3 is 28.4 Å². The van der Waals surface area contributed by atoms with Crippen LogP contribution in [0.3, 0.4) is 0 Å². The molecule has 2 aliphatic rings. The van der Waals surface area contributed by atoms with Crippen molar-refractivity contribution in [3.63, 3.8) is 0 Å². The van der Waals surface area contributed by atoms with Crippen LogP contribution in [0.2, 0.25) is 0 Å². The Kier molecular flexibility index (Phi) is 13.5. The molecule has 2 heterocycles. The van der Waals surface area contributed by atoms with E-state index in [0.29, 0.717) is 19.8 Å². The van der Waals surface area contributed by atoms with Gasteiger partial charge in [0.2, 0.25) is 5.79 Å². The highest BCUT2D eigenvalue weighted by Gasteiger charge is 2.64. The van der Waals surface area contributed by atoms with Gasteiger partial charge in [-0.25, -0.2) is 0 Å². The molecule has 2 fully saturated rings. The quantitative estimate of drug-likeness (QED) is 0.0886. The Balaban J connectivity index is 1.28. The van der Waals surface area contributed by atoms with Gasteiger partial charge in [-0.15, -0.1) is 0 Å². The first-order chi connectivity index (χ1) is 27.1. The summed E-state index contributed by atoms with van der Waals surface area (Å²) in [6.45, 7) is 3.72. The van der Waals surface area contributed by atoms with Gasteiger partial charge in [0.1, 0.15) is 30.5 Å². The van der Waals surface area contributed by atoms with Crippen LogP contribution in [0.1, 0.15) is 41.2 Å². The molecule has 1 spiro atoms. The van der Waals surface area contributed by atoms with Crippen molar-refractivity contribution in [3.05, 3.63) is 179 Å². The molecule has 286 valence electrons. The maximum Gasteiger partial charge on any atom is 0.325 e. The number of hydrogen-bond acceptors (Lipinski definition) is 9. The molecule has 0 saturated carbocycles. The number of rotatable bonds is 17. The lowest BCUT2D eigenvalue weighted by Crippen LogP contribution is -2.67. The summed E-state index contributed by atoms with van der Waals surface area (Å²) in [4.78, 5) is 20.7. The fourth-order valence-corrected chi connectivity index (χ4v) is 7.17. The van der Waals surface area contributed by atoms with Gasteiger partial charge in [0.05, 0.1) is 46.2 Å². The van der Waals surface area contributed by atoms with Crippen LogP contribution in [0.4, 0.5) is 0 Å². The van der Waals surface area contributed by atoms with Crippen molar-refractivity contribution in [1.82, 2.24) is 5.06 Å². The van der Waals surface area contributed by atoms with Gasteiger partial charge in [-0.3, -0.25) is 9.63 Å². The first-order valence-electron chi connectivity index (χ1n) is 19.0. The van der Waals surface area contributed by atoms with Crippen molar-refractivity contribution in [1.29, 1.82) is 0 Å². The summed E-state index contributed by atoms with van der Waals surface area (Å²) in [6.07, 6.45) is -2.76. The van der Waals surface area contributed by atoms with Crippen LogP contribution in [0.5, 0.6) is 0 Å². The smallest absolute Gasteiger partial charge is 0.325 e. The average molecular weight is 744 g/mol. The second kappa shape index (κ2) is 19.2.